The van der Waals surface area contributed by atoms with Gasteiger partial charge in [-0.1, -0.05) is 0 Å². The van der Waals surface area contributed by atoms with Crippen LogP contribution in [0.2, 0.25) is 0 Å². The monoisotopic (exact) mass is 247 g/mol. The van der Waals surface area contributed by atoms with Crippen LogP contribution in [-0.4, -0.2) is 40.9 Å². The van der Waals surface area contributed by atoms with Crippen molar-refractivity contribution in [2.45, 2.75) is 51.2 Å². The maximum absolute atomic E-state index is 13.5. The summed E-state index contributed by atoms with van der Waals surface area (Å²) >= 11 is 0. The fourth-order valence-corrected chi connectivity index (χ4v) is 2.32. The Balaban J connectivity index is 2.14. The number of hydrogen-bond acceptors (Lipinski definition) is 3. The SMILES string of the molecule is CC(C)(C)OC(=O)N1C(=O)[C@@H]2C[C@H]1[C@@H](F)[C@H]2F. The highest BCUT2D eigenvalue weighted by Crippen LogP contribution is 2.43. The van der Waals surface area contributed by atoms with Gasteiger partial charge in [-0.05, 0) is 27.2 Å². The summed E-state index contributed by atoms with van der Waals surface area (Å²) in [6.07, 6.45) is -4.40. The molecule has 6 heteroatoms. The molecule has 0 aromatic rings. The molecule has 1 aliphatic carbocycles. The Morgan fingerprint density at radius 1 is 1.35 bits per heavy atom. The van der Waals surface area contributed by atoms with E-state index in [0.717, 1.165) is 4.90 Å². The summed E-state index contributed by atoms with van der Waals surface area (Å²) in [7, 11) is 0. The molecule has 2 amide bonds. The van der Waals surface area contributed by atoms with Gasteiger partial charge in [0.05, 0.1) is 12.0 Å². The van der Waals surface area contributed by atoms with Gasteiger partial charge in [0.2, 0.25) is 5.91 Å². The second-order valence-corrected chi connectivity index (χ2v) is 5.49. The van der Waals surface area contributed by atoms with Crippen molar-refractivity contribution in [2.24, 2.45) is 5.92 Å². The Kier molecular flexibility index (Phi) is 2.63. The third-order valence-electron chi connectivity index (χ3n) is 3.03. The first-order valence-electron chi connectivity index (χ1n) is 5.56. The summed E-state index contributed by atoms with van der Waals surface area (Å²) in [6, 6.07) is -1.00. The molecule has 2 rings (SSSR count). The summed E-state index contributed by atoms with van der Waals surface area (Å²) in [4.78, 5) is 24.1. The molecule has 1 saturated heterocycles. The van der Waals surface area contributed by atoms with Crippen molar-refractivity contribution in [1.82, 2.24) is 4.90 Å². The van der Waals surface area contributed by atoms with E-state index in [9.17, 15) is 18.4 Å². The molecule has 0 aromatic heterocycles. The lowest BCUT2D eigenvalue weighted by molar-refractivity contribution is -0.138. The average Bonchev–Trinajstić information content (AvgIpc) is 2.62. The molecule has 2 bridgehead atoms. The molecule has 4 atom stereocenters. The van der Waals surface area contributed by atoms with Crippen molar-refractivity contribution in [3.05, 3.63) is 0 Å². The van der Waals surface area contributed by atoms with Crippen LogP contribution < -0.4 is 0 Å². The summed E-state index contributed by atoms with van der Waals surface area (Å²) in [5.41, 5.74) is -0.764. The maximum Gasteiger partial charge on any atom is 0.417 e. The van der Waals surface area contributed by atoms with E-state index in [1.54, 1.807) is 20.8 Å². The van der Waals surface area contributed by atoms with Gasteiger partial charge >= 0.3 is 6.09 Å². The molecule has 1 saturated carbocycles. The van der Waals surface area contributed by atoms with Crippen LogP contribution in [0.4, 0.5) is 13.6 Å². The molecule has 0 unspecified atom stereocenters. The van der Waals surface area contributed by atoms with Gasteiger partial charge in [-0.2, -0.15) is 0 Å². The largest absolute Gasteiger partial charge is 0.443 e. The summed E-state index contributed by atoms with van der Waals surface area (Å²) in [6.45, 7) is 4.94. The fraction of sp³-hybridized carbons (Fsp3) is 0.818. The lowest BCUT2D eigenvalue weighted by Crippen LogP contribution is -2.52. The zero-order chi connectivity index (χ0) is 13.0. The van der Waals surface area contributed by atoms with Crippen LogP contribution in [-0.2, 0) is 9.53 Å². The number of imide groups is 1. The zero-order valence-corrected chi connectivity index (χ0v) is 9.94. The van der Waals surface area contributed by atoms with Crippen molar-refractivity contribution in [2.75, 3.05) is 0 Å². The minimum atomic E-state index is -1.79. The van der Waals surface area contributed by atoms with Crippen molar-refractivity contribution in [3.8, 4) is 0 Å². The first-order valence-corrected chi connectivity index (χ1v) is 5.56. The number of fused-ring (bicyclic) bond motifs is 2. The quantitative estimate of drug-likeness (QED) is 0.656. The molecule has 2 aliphatic rings. The molecule has 96 valence electrons. The Bertz CT molecular complexity index is 366. The van der Waals surface area contributed by atoms with E-state index in [0.29, 0.717) is 0 Å². The molecule has 0 spiro atoms. The van der Waals surface area contributed by atoms with Crippen LogP contribution >= 0.6 is 0 Å². The van der Waals surface area contributed by atoms with Crippen LogP contribution in [0.25, 0.3) is 0 Å². The Morgan fingerprint density at radius 2 is 1.94 bits per heavy atom. The number of likely N-dealkylation sites (tertiary alicyclic amines) is 1. The molecular weight excluding hydrogens is 232 g/mol. The number of ether oxygens (including phenoxy) is 1. The van der Waals surface area contributed by atoms with Crippen LogP contribution in [0.3, 0.4) is 0 Å². The molecule has 1 aliphatic heterocycles. The highest BCUT2D eigenvalue weighted by atomic mass is 19.2. The molecule has 0 aromatic carbocycles. The Labute approximate surface area is 97.9 Å². The average molecular weight is 247 g/mol. The standard InChI is InChI=1S/C11H15F2NO3/c1-11(2,3)17-10(16)14-6-4-5(9(14)15)7(12)8(6)13/h5-8H,4H2,1-3H3/t5-,6+,7+,8-/m1/s1. The lowest BCUT2D eigenvalue weighted by atomic mass is 10.1. The molecule has 17 heavy (non-hydrogen) atoms. The van der Waals surface area contributed by atoms with Crippen LogP contribution in [0.5, 0.6) is 0 Å². The van der Waals surface area contributed by atoms with Crippen molar-refractivity contribution in [3.63, 3.8) is 0 Å². The van der Waals surface area contributed by atoms with Gasteiger partial charge in [0.25, 0.3) is 0 Å². The van der Waals surface area contributed by atoms with Crippen molar-refractivity contribution >= 4 is 12.0 Å². The Hall–Kier alpha value is -1.20. The number of alkyl halides is 2. The summed E-state index contributed by atoms with van der Waals surface area (Å²) in [5, 5.41) is 0. The number of rotatable bonds is 0. The first-order chi connectivity index (χ1) is 7.72. The van der Waals surface area contributed by atoms with E-state index in [1.165, 1.54) is 0 Å². The van der Waals surface area contributed by atoms with Gasteiger partial charge in [-0.15, -0.1) is 0 Å². The second kappa shape index (κ2) is 3.65. The highest BCUT2D eigenvalue weighted by Gasteiger charge is 2.60. The molecule has 0 N–H and O–H groups in total. The third-order valence-corrected chi connectivity index (χ3v) is 3.03. The number of carbonyl (C=O) groups is 2. The van der Waals surface area contributed by atoms with Crippen molar-refractivity contribution in [1.29, 1.82) is 0 Å². The van der Waals surface area contributed by atoms with Gasteiger partial charge < -0.3 is 4.74 Å². The topological polar surface area (TPSA) is 46.6 Å². The van der Waals surface area contributed by atoms with E-state index in [2.05, 4.69) is 0 Å². The smallest absolute Gasteiger partial charge is 0.417 e. The minimum absolute atomic E-state index is 0.0560. The van der Waals surface area contributed by atoms with E-state index in [4.69, 9.17) is 4.74 Å². The summed E-state index contributed by atoms with van der Waals surface area (Å²) < 4.78 is 31.7. The molecule has 4 nitrogen and oxygen atoms in total. The van der Waals surface area contributed by atoms with Gasteiger partial charge in [0.1, 0.15) is 11.8 Å². The molecular formula is C11H15F2NO3. The normalized spacial score (nSPS) is 36.5. The second-order valence-electron chi connectivity index (χ2n) is 5.49. The van der Waals surface area contributed by atoms with Crippen LogP contribution in [0.15, 0.2) is 0 Å². The Morgan fingerprint density at radius 3 is 2.41 bits per heavy atom. The molecule has 2 fully saturated rings. The van der Waals surface area contributed by atoms with E-state index < -0.39 is 41.9 Å². The van der Waals surface area contributed by atoms with E-state index in [-0.39, 0.29) is 6.42 Å². The van der Waals surface area contributed by atoms with Gasteiger partial charge in [0, 0.05) is 0 Å². The lowest BCUT2D eigenvalue weighted by Gasteiger charge is -2.31. The predicted molar refractivity (Wildman–Crippen MR) is 54.8 cm³/mol. The number of carbonyl (C=O) groups excluding carboxylic acids is 2. The number of amides is 2. The van der Waals surface area contributed by atoms with E-state index >= 15 is 0 Å². The number of piperidine rings is 1. The van der Waals surface area contributed by atoms with Gasteiger partial charge in [-0.25, -0.2) is 18.5 Å². The van der Waals surface area contributed by atoms with Crippen molar-refractivity contribution < 1.29 is 23.1 Å². The minimum Gasteiger partial charge on any atom is -0.443 e. The molecule has 1 heterocycles. The maximum atomic E-state index is 13.5. The van der Waals surface area contributed by atoms with Crippen LogP contribution in [0.1, 0.15) is 27.2 Å². The number of nitrogens with zero attached hydrogens (tertiary/aromatic N) is 1. The predicted octanol–water partition coefficient (Wildman–Crippen LogP) is 1.83. The third kappa shape index (κ3) is 1.89. The van der Waals surface area contributed by atoms with Gasteiger partial charge in [-0.3, -0.25) is 4.79 Å². The first kappa shape index (κ1) is 12.3. The molecule has 0 radical (unpaired) electrons. The fourth-order valence-electron chi connectivity index (χ4n) is 2.32. The highest BCUT2D eigenvalue weighted by molar-refractivity contribution is 5.97. The number of hydrogen-bond donors (Lipinski definition) is 0. The number of halogens is 2. The summed E-state index contributed by atoms with van der Waals surface area (Å²) in [5.74, 6) is -1.69. The van der Waals surface area contributed by atoms with Gasteiger partial charge in [0.15, 0.2) is 6.17 Å². The van der Waals surface area contributed by atoms with E-state index in [1.807, 2.05) is 0 Å². The zero-order valence-electron chi connectivity index (χ0n) is 9.94. The van der Waals surface area contributed by atoms with Crippen LogP contribution in [0, 0.1) is 5.92 Å².